The van der Waals surface area contributed by atoms with E-state index in [2.05, 4.69) is 5.32 Å². The molecule has 1 N–H and O–H groups in total. The summed E-state index contributed by atoms with van der Waals surface area (Å²) in [6, 6.07) is 21.6. The lowest BCUT2D eigenvalue weighted by Gasteiger charge is -2.18. The standard InChI is InChI=1S/C20H19NO2S/c1-23-17-11-6-5-10-16(17)14-19(22)21-20(18-12-7-13-24-18)15-8-3-2-4-9-15/h2-13,20H,14H2,1H3,(H,21,22)/t20-/m1/s1. The number of rotatable bonds is 6. The Morgan fingerprint density at radius 3 is 2.50 bits per heavy atom. The molecule has 0 unspecified atom stereocenters. The van der Waals surface area contributed by atoms with Gasteiger partial charge < -0.3 is 10.1 Å². The Morgan fingerprint density at radius 1 is 1.04 bits per heavy atom. The molecule has 122 valence electrons. The minimum Gasteiger partial charge on any atom is -0.496 e. The molecule has 0 radical (unpaired) electrons. The van der Waals surface area contributed by atoms with Crippen molar-refractivity contribution >= 4 is 17.2 Å². The van der Waals surface area contributed by atoms with Gasteiger partial charge in [0.05, 0.1) is 19.6 Å². The topological polar surface area (TPSA) is 38.3 Å². The molecular formula is C20H19NO2S. The monoisotopic (exact) mass is 337 g/mol. The molecule has 0 saturated heterocycles. The first-order valence-corrected chi connectivity index (χ1v) is 8.65. The minimum atomic E-state index is -0.131. The summed E-state index contributed by atoms with van der Waals surface area (Å²) in [5, 5.41) is 5.18. The van der Waals surface area contributed by atoms with E-state index < -0.39 is 0 Å². The Morgan fingerprint density at radius 2 is 1.79 bits per heavy atom. The number of thiophene rings is 1. The van der Waals surface area contributed by atoms with E-state index in [1.807, 2.05) is 72.1 Å². The molecule has 4 heteroatoms. The Balaban J connectivity index is 1.79. The fraction of sp³-hybridized carbons (Fsp3) is 0.150. The van der Waals surface area contributed by atoms with Crippen LogP contribution in [0.2, 0.25) is 0 Å². The molecule has 1 amide bonds. The van der Waals surface area contributed by atoms with E-state index in [4.69, 9.17) is 4.74 Å². The van der Waals surface area contributed by atoms with E-state index in [0.717, 1.165) is 21.8 Å². The SMILES string of the molecule is COc1ccccc1CC(=O)N[C@H](c1ccccc1)c1cccs1. The number of hydrogen-bond donors (Lipinski definition) is 1. The molecule has 2 aromatic carbocycles. The van der Waals surface area contributed by atoms with Gasteiger partial charge in [-0.3, -0.25) is 4.79 Å². The summed E-state index contributed by atoms with van der Waals surface area (Å²) < 4.78 is 5.33. The predicted octanol–water partition coefficient (Wildman–Crippen LogP) is 4.21. The van der Waals surface area contributed by atoms with Crippen molar-refractivity contribution in [2.75, 3.05) is 7.11 Å². The van der Waals surface area contributed by atoms with Gasteiger partial charge in [-0.25, -0.2) is 0 Å². The summed E-state index contributed by atoms with van der Waals surface area (Å²) in [5.74, 6) is 0.710. The molecule has 0 aliphatic carbocycles. The maximum Gasteiger partial charge on any atom is 0.225 e. The van der Waals surface area contributed by atoms with Crippen LogP contribution in [0.4, 0.5) is 0 Å². The van der Waals surface area contributed by atoms with Crippen LogP contribution >= 0.6 is 11.3 Å². The van der Waals surface area contributed by atoms with Gasteiger partial charge in [-0.05, 0) is 23.1 Å². The zero-order valence-electron chi connectivity index (χ0n) is 13.4. The highest BCUT2D eigenvalue weighted by Crippen LogP contribution is 2.26. The van der Waals surface area contributed by atoms with Crippen molar-refractivity contribution in [3.63, 3.8) is 0 Å². The van der Waals surface area contributed by atoms with Gasteiger partial charge in [0.2, 0.25) is 5.91 Å². The second-order valence-electron chi connectivity index (χ2n) is 5.42. The molecule has 0 spiro atoms. The highest BCUT2D eigenvalue weighted by Gasteiger charge is 2.18. The molecule has 0 fully saturated rings. The second-order valence-corrected chi connectivity index (χ2v) is 6.39. The number of carbonyl (C=O) groups is 1. The number of methoxy groups -OCH3 is 1. The van der Waals surface area contributed by atoms with Crippen molar-refractivity contribution in [2.24, 2.45) is 0 Å². The van der Waals surface area contributed by atoms with Gasteiger partial charge in [0.1, 0.15) is 5.75 Å². The molecule has 3 nitrogen and oxygen atoms in total. The van der Waals surface area contributed by atoms with E-state index in [9.17, 15) is 4.79 Å². The molecule has 24 heavy (non-hydrogen) atoms. The third-order valence-corrected chi connectivity index (χ3v) is 4.75. The van der Waals surface area contributed by atoms with Crippen LogP contribution in [0.3, 0.4) is 0 Å². The lowest BCUT2D eigenvalue weighted by atomic mass is 10.0. The van der Waals surface area contributed by atoms with E-state index in [-0.39, 0.29) is 11.9 Å². The largest absolute Gasteiger partial charge is 0.496 e. The number of carbonyl (C=O) groups excluding carboxylic acids is 1. The normalized spacial score (nSPS) is 11.7. The third-order valence-electron chi connectivity index (χ3n) is 3.81. The molecule has 1 heterocycles. The van der Waals surface area contributed by atoms with Crippen molar-refractivity contribution < 1.29 is 9.53 Å². The number of ether oxygens (including phenoxy) is 1. The lowest BCUT2D eigenvalue weighted by Crippen LogP contribution is -2.30. The summed E-state index contributed by atoms with van der Waals surface area (Å²) >= 11 is 1.64. The maximum atomic E-state index is 12.6. The number of amides is 1. The van der Waals surface area contributed by atoms with Crippen LogP contribution in [-0.4, -0.2) is 13.0 Å². The molecule has 3 rings (SSSR count). The molecule has 0 bridgehead atoms. The summed E-state index contributed by atoms with van der Waals surface area (Å²) in [4.78, 5) is 13.7. The molecule has 3 aromatic rings. The van der Waals surface area contributed by atoms with Crippen LogP contribution in [0.5, 0.6) is 5.75 Å². The van der Waals surface area contributed by atoms with Crippen molar-refractivity contribution in [1.82, 2.24) is 5.32 Å². The Hall–Kier alpha value is -2.59. The fourth-order valence-electron chi connectivity index (χ4n) is 2.65. The van der Waals surface area contributed by atoms with Crippen LogP contribution < -0.4 is 10.1 Å². The van der Waals surface area contributed by atoms with Crippen LogP contribution in [0.15, 0.2) is 72.1 Å². The number of benzene rings is 2. The summed E-state index contributed by atoms with van der Waals surface area (Å²) in [7, 11) is 1.62. The zero-order chi connectivity index (χ0) is 16.8. The van der Waals surface area contributed by atoms with Crippen LogP contribution in [0, 0.1) is 0 Å². The second kappa shape index (κ2) is 7.79. The highest BCUT2D eigenvalue weighted by atomic mass is 32.1. The van der Waals surface area contributed by atoms with Gasteiger partial charge in [0, 0.05) is 10.4 Å². The van der Waals surface area contributed by atoms with Gasteiger partial charge in [-0.1, -0.05) is 54.6 Å². The van der Waals surface area contributed by atoms with Gasteiger partial charge in [0.25, 0.3) is 0 Å². The highest BCUT2D eigenvalue weighted by molar-refractivity contribution is 7.10. The average Bonchev–Trinajstić information content (AvgIpc) is 3.15. The first-order chi connectivity index (χ1) is 11.8. The summed E-state index contributed by atoms with van der Waals surface area (Å²) in [5.41, 5.74) is 1.96. The molecule has 0 aliphatic rings. The minimum absolute atomic E-state index is 0.0262. The summed E-state index contributed by atoms with van der Waals surface area (Å²) in [6.07, 6.45) is 0.290. The van der Waals surface area contributed by atoms with Crippen molar-refractivity contribution in [2.45, 2.75) is 12.5 Å². The van der Waals surface area contributed by atoms with Crippen LogP contribution in [-0.2, 0) is 11.2 Å². The van der Waals surface area contributed by atoms with Crippen LogP contribution in [0.25, 0.3) is 0 Å². The number of hydrogen-bond acceptors (Lipinski definition) is 3. The maximum absolute atomic E-state index is 12.6. The first kappa shape index (κ1) is 16.3. The van der Waals surface area contributed by atoms with Crippen molar-refractivity contribution in [1.29, 1.82) is 0 Å². The van der Waals surface area contributed by atoms with Gasteiger partial charge in [0.15, 0.2) is 0 Å². The Kier molecular flexibility index (Phi) is 5.29. The smallest absolute Gasteiger partial charge is 0.225 e. The van der Waals surface area contributed by atoms with Crippen molar-refractivity contribution in [3.05, 3.63) is 88.1 Å². The first-order valence-electron chi connectivity index (χ1n) is 7.77. The third kappa shape index (κ3) is 3.84. The molecular weight excluding hydrogens is 318 g/mol. The average molecular weight is 337 g/mol. The quantitative estimate of drug-likeness (QED) is 0.732. The Labute approximate surface area is 145 Å². The van der Waals surface area contributed by atoms with Gasteiger partial charge in [-0.15, -0.1) is 11.3 Å². The number of para-hydroxylation sites is 1. The van der Waals surface area contributed by atoms with E-state index in [0.29, 0.717) is 6.42 Å². The summed E-state index contributed by atoms with van der Waals surface area (Å²) in [6.45, 7) is 0. The molecule has 0 aliphatic heterocycles. The zero-order valence-corrected chi connectivity index (χ0v) is 14.3. The van der Waals surface area contributed by atoms with Crippen molar-refractivity contribution in [3.8, 4) is 5.75 Å². The molecule has 1 atom stereocenters. The molecule has 0 saturated carbocycles. The van der Waals surface area contributed by atoms with E-state index in [1.165, 1.54) is 0 Å². The van der Waals surface area contributed by atoms with E-state index in [1.54, 1.807) is 18.4 Å². The predicted molar refractivity (Wildman–Crippen MR) is 97.4 cm³/mol. The lowest BCUT2D eigenvalue weighted by molar-refractivity contribution is -0.120. The fourth-order valence-corrected chi connectivity index (χ4v) is 3.46. The Bertz CT molecular complexity index is 784. The molecule has 1 aromatic heterocycles. The van der Waals surface area contributed by atoms with Crippen LogP contribution in [0.1, 0.15) is 22.0 Å². The van der Waals surface area contributed by atoms with Gasteiger partial charge >= 0.3 is 0 Å². The van der Waals surface area contributed by atoms with E-state index >= 15 is 0 Å². The number of nitrogens with one attached hydrogen (secondary N) is 1. The van der Waals surface area contributed by atoms with Gasteiger partial charge in [-0.2, -0.15) is 0 Å².